The molecule has 16 heavy (non-hydrogen) atoms. The van der Waals surface area contributed by atoms with Crippen LogP contribution >= 0.6 is 0 Å². The molecule has 0 amide bonds. The topological polar surface area (TPSA) is 40.2 Å². The lowest BCUT2D eigenvalue weighted by atomic mass is 10.3. The van der Waals surface area contributed by atoms with Gasteiger partial charge in [-0.05, 0) is 20.8 Å². The molecular weight excluding hydrogens is 226 g/mol. The summed E-state index contributed by atoms with van der Waals surface area (Å²) in [6.07, 6.45) is 0.206. The summed E-state index contributed by atoms with van der Waals surface area (Å²) in [5, 5.41) is 0. The van der Waals surface area contributed by atoms with Crippen molar-refractivity contribution in [1.82, 2.24) is 4.90 Å². The minimum Gasteiger partial charge on any atom is -0.351 e. The fourth-order valence-electron chi connectivity index (χ4n) is 2.23. The van der Waals surface area contributed by atoms with Crippen LogP contribution in [0.2, 0.25) is 0 Å². The molecule has 0 saturated carbocycles. The molecule has 94 valence electrons. The van der Waals surface area contributed by atoms with Gasteiger partial charge in [-0.3, -0.25) is 4.90 Å². The van der Waals surface area contributed by atoms with Crippen LogP contribution in [0.15, 0.2) is 0 Å². The molecule has 0 radical (unpaired) electrons. The molecule has 3 aliphatic rings. The zero-order chi connectivity index (χ0) is 11.6. The van der Waals surface area contributed by atoms with Crippen molar-refractivity contribution in [2.24, 2.45) is 0 Å². The Hall–Kier alpha value is 0.0169. The van der Waals surface area contributed by atoms with E-state index in [9.17, 15) is 0 Å². The van der Waals surface area contributed by atoms with Crippen LogP contribution in [0, 0.1) is 0 Å². The van der Waals surface area contributed by atoms with Crippen molar-refractivity contribution in [2.45, 2.75) is 33.0 Å². The predicted octanol–water partition coefficient (Wildman–Crippen LogP) is 0.614. The van der Waals surface area contributed by atoms with Crippen molar-refractivity contribution in [3.63, 3.8) is 0 Å². The van der Waals surface area contributed by atoms with E-state index in [0.29, 0.717) is 13.2 Å². The highest BCUT2D eigenvalue weighted by molar-refractivity contribution is 6.53. The summed E-state index contributed by atoms with van der Waals surface area (Å²) in [5.41, 5.74) is 0. The number of hydrogen-bond donors (Lipinski definition) is 0. The van der Waals surface area contributed by atoms with Crippen LogP contribution in [0.4, 0.5) is 0 Å². The van der Waals surface area contributed by atoms with E-state index in [4.69, 9.17) is 17.7 Å². The molecule has 2 atom stereocenters. The zero-order valence-corrected chi connectivity index (χ0v) is 11.3. The lowest BCUT2D eigenvalue weighted by molar-refractivity contribution is -0.112. The quantitative estimate of drug-likeness (QED) is 0.669. The van der Waals surface area contributed by atoms with Crippen LogP contribution < -0.4 is 0 Å². The van der Waals surface area contributed by atoms with Crippen molar-refractivity contribution in [2.75, 3.05) is 32.8 Å². The van der Waals surface area contributed by atoms with Crippen LogP contribution in [0.25, 0.3) is 0 Å². The third-order valence-corrected chi connectivity index (χ3v) is 5.31. The largest absolute Gasteiger partial charge is 0.680 e. The van der Waals surface area contributed by atoms with Crippen molar-refractivity contribution in [3.8, 4) is 0 Å². The fraction of sp³-hybridized carbons (Fsp3) is 1.00. The van der Waals surface area contributed by atoms with E-state index in [0.717, 1.165) is 19.6 Å². The van der Waals surface area contributed by atoms with E-state index in [2.05, 4.69) is 4.90 Å². The smallest absolute Gasteiger partial charge is 0.351 e. The lowest BCUT2D eigenvalue weighted by Crippen LogP contribution is -2.61. The second-order valence-corrected chi connectivity index (χ2v) is 6.45. The second-order valence-electron chi connectivity index (χ2n) is 4.40. The number of nitrogens with zero attached hydrogens (tertiary/aromatic N) is 1. The van der Waals surface area contributed by atoms with E-state index in [-0.39, 0.29) is 12.2 Å². The molecule has 3 rings (SSSR count). The van der Waals surface area contributed by atoms with Crippen molar-refractivity contribution in [1.29, 1.82) is 0 Å². The van der Waals surface area contributed by atoms with Crippen molar-refractivity contribution >= 4 is 9.05 Å². The molecule has 3 heterocycles. The van der Waals surface area contributed by atoms with Gasteiger partial charge in [-0.2, -0.15) is 0 Å². The summed E-state index contributed by atoms with van der Waals surface area (Å²) in [5.74, 6) is 0. The molecule has 2 bridgehead atoms. The lowest BCUT2D eigenvalue weighted by Gasteiger charge is -2.41. The summed E-state index contributed by atoms with van der Waals surface area (Å²) in [7, 11) is -2.88. The predicted molar refractivity (Wildman–Crippen MR) is 60.9 cm³/mol. The van der Waals surface area contributed by atoms with Gasteiger partial charge in [0.15, 0.2) is 0 Å². The number of fused-ring (bicyclic) bond motifs is 6. The van der Waals surface area contributed by atoms with Gasteiger partial charge in [-0.1, -0.05) is 0 Å². The molecule has 3 saturated heterocycles. The monoisotopic (exact) mass is 247 g/mol. The van der Waals surface area contributed by atoms with Gasteiger partial charge in [0.1, 0.15) is 0 Å². The Labute approximate surface area is 98.1 Å². The van der Waals surface area contributed by atoms with Gasteiger partial charge in [0, 0.05) is 26.2 Å². The average Bonchev–Trinajstić information content (AvgIpc) is 2.11. The summed E-state index contributed by atoms with van der Waals surface area (Å²) >= 11 is 0. The Morgan fingerprint density at radius 3 is 2.44 bits per heavy atom. The Bertz CT molecular complexity index is 227. The van der Waals surface area contributed by atoms with Gasteiger partial charge in [0.2, 0.25) is 0 Å². The summed E-state index contributed by atoms with van der Waals surface area (Å²) in [4.78, 5) is 2.32. The van der Waals surface area contributed by atoms with Gasteiger partial charge in [0.05, 0.1) is 18.8 Å². The van der Waals surface area contributed by atoms with Gasteiger partial charge < -0.3 is 17.7 Å². The van der Waals surface area contributed by atoms with E-state index in [1.54, 1.807) is 0 Å². The third-order valence-electron chi connectivity index (χ3n) is 2.73. The van der Waals surface area contributed by atoms with Crippen LogP contribution in [0.1, 0.15) is 20.8 Å². The Morgan fingerprint density at radius 1 is 1.25 bits per heavy atom. The first-order valence-corrected chi connectivity index (χ1v) is 7.63. The van der Waals surface area contributed by atoms with Crippen LogP contribution in [-0.4, -0.2) is 59.0 Å². The van der Waals surface area contributed by atoms with E-state index in [1.165, 1.54) is 0 Å². The fourth-order valence-corrected chi connectivity index (χ4v) is 4.47. The molecule has 0 aromatic rings. The molecule has 0 aromatic heterocycles. The summed E-state index contributed by atoms with van der Waals surface area (Å²) in [6, 6.07) is 0. The molecule has 2 unspecified atom stereocenters. The standard InChI is InChI=1S/C10H21NO4Si/c1-4-12-16-13-6-5-11(7-9(2)14-16)8-10(3)15-16/h9-10H,4-8H2,1-3H3. The molecule has 0 N–H and O–H groups in total. The second kappa shape index (κ2) is 5.12. The highest BCUT2D eigenvalue weighted by Gasteiger charge is 2.51. The minimum atomic E-state index is -2.88. The normalized spacial score (nSPS) is 44.8. The molecule has 0 aliphatic carbocycles. The molecule has 0 spiro atoms. The maximum Gasteiger partial charge on any atom is 0.680 e. The van der Waals surface area contributed by atoms with Crippen LogP contribution in [-0.2, 0) is 17.7 Å². The number of rotatable bonds is 2. The highest BCUT2D eigenvalue weighted by atomic mass is 28.4. The van der Waals surface area contributed by atoms with Crippen LogP contribution in [0.3, 0.4) is 0 Å². The highest BCUT2D eigenvalue weighted by Crippen LogP contribution is 2.22. The molecular formula is C10H21NO4Si. The Morgan fingerprint density at radius 2 is 1.88 bits per heavy atom. The number of hydrogen-bond acceptors (Lipinski definition) is 5. The first kappa shape index (κ1) is 12.5. The molecule has 3 fully saturated rings. The van der Waals surface area contributed by atoms with Gasteiger partial charge >= 0.3 is 9.05 Å². The first-order valence-electron chi connectivity index (χ1n) is 5.99. The SMILES string of the molecule is CCO[Si]12OCCN(CC(C)O1)CC(C)O2. The molecule has 5 nitrogen and oxygen atoms in total. The van der Waals surface area contributed by atoms with Crippen LogP contribution in [0.5, 0.6) is 0 Å². The van der Waals surface area contributed by atoms with Gasteiger partial charge in [-0.15, -0.1) is 0 Å². The van der Waals surface area contributed by atoms with Crippen molar-refractivity contribution in [3.05, 3.63) is 0 Å². The molecule has 3 aliphatic heterocycles. The van der Waals surface area contributed by atoms with Gasteiger partial charge in [0.25, 0.3) is 0 Å². The minimum absolute atomic E-state index is 0.103. The van der Waals surface area contributed by atoms with Gasteiger partial charge in [-0.25, -0.2) is 0 Å². The molecule has 6 heteroatoms. The maximum atomic E-state index is 5.89. The van der Waals surface area contributed by atoms with Crippen molar-refractivity contribution < 1.29 is 17.7 Å². The zero-order valence-electron chi connectivity index (χ0n) is 10.3. The Balaban J connectivity index is 2.17. The average molecular weight is 247 g/mol. The van der Waals surface area contributed by atoms with E-state index < -0.39 is 9.05 Å². The summed E-state index contributed by atoms with van der Waals surface area (Å²) in [6.45, 7) is 10.0. The molecule has 0 aromatic carbocycles. The summed E-state index contributed by atoms with van der Waals surface area (Å²) < 4.78 is 23.2. The Kier molecular flexibility index (Phi) is 3.99. The first-order chi connectivity index (χ1) is 7.63. The third kappa shape index (κ3) is 2.82. The van der Waals surface area contributed by atoms with E-state index in [1.807, 2.05) is 20.8 Å². The van der Waals surface area contributed by atoms with E-state index >= 15 is 0 Å². The maximum absolute atomic E-state index is 5.89.